The van der Waals surface area contributed by atoms with Crippen LogP contribution in [0.3, 0.4) is 0 Å². The first-order chi connectivity index (χ1) is 12.3. The van der Waals surface area contributed by atoms with Gasteiger partial charge in [-0.25, -0.2) is 0 Å². The Morgan fingerprint density at radius 2 is 1.04 bits per heavy atom. The van der Waals surface area contributed by atoms with Crippen molar-refractivity contribution in [2.45, 2.75) is 17.4 Å². The summed E-state index contributed by atoms with van der Waals surface area (Å²) in [4.78, 5) is 21.4. The third kappa shape index (κ3) is 5.67. The lowest BCUT2D eigenvalue weighted by Crippen LogP contribution is -2.06. The van der Waals surface area contributed by atoms with Crippen LogP contribution in [-0.2, 0) is 7.59 Å². The Morgan fingerprint density at radius 1 is 0.704 bits per heavy atom. The largest absolute Gasteiger partial charge is 0.269 e. The molecule has 27 heavy (non-hydrogen) atoms. The van der Waals surface area contributed by atoms with Crippen molar-refractivity contribution in [1.82, 2.24) is 0 Å². The first-order valence-electron chi connectivity index (χ1n) is 6.70. The molecule has 0 atom stereocenters. The summed E-state index contributed by atoms with van der Waals surface area (Å²) in [6.45, 7) is 0. The van der Waals surface area contributed by atoms with Crippen LogP contribution in [0.5, 0.6) is 0 Å². The van der Waals surface area contributed by atoms with Gasteiger partial charge in [-0.1, -0.05) is 81.4 Å². The minimum absolute atomic E-state index is 0.0420. The Bertz CT molecular complexity index is 840. The molecule has 2 aromatic rings. The van der Waals surface area contributed by atoms with Gasteiger partial charge >= 0.3 is 0 Å². The number of nitro benzene ring substituents is 2. The van der Waals surface area contributed by atoms with E-state index in [9.17, 15) is 20.2 Å². The number of rotatable bonds is 4. The molecule has 0 aliphatic heterocycles. The monoisotopic (exact) mass is 508 g/mol. The van der Waals surface area contributed by atoms with E-state index < -0.39 is 17.4 Å². The average Bonchev–Trinajstić information content (AvgIpc) is 2.53. The average molecular weight is 511 g/mol. The first-order valence-corrected chi connectivity index (χ1v) is 9.78. The summed E-state index contributed by atoms with van der Waals surface area (Å²) >= 11 is 36.6. The molecule has 0 aromatic heterocycles. The van der Waals surface area contributed by atoms with Crippen LogP contribution in [0.4, 0.5) is 11.4 Å². The Balaban J connectivity index is 2.60. The van der Waals surface area contributed by atoms with Gasteiger partial charge in [0.05, 0.1) is 9.85 Å². The normalized spacial score (nSPS) is 12.1. The van der Waals surface area contributed by atoms with Gasteiger partial charge in [0.15, 0.2) is 0 Å². The number of halogens is 6. The molecule has 0 spiro atoms. The van der Waals surface area contributed by atoms with Crippen molar-refractivity contribution in [3.05, 3.63) is 67.8 Å². The molecule has 0 unspecified atom stereocenters. The molecule has 0 bridgehead atoms. The maximum Gasteiger partial charge on any atom is 0.269 e. The summed E-state index contributed by atoms with van der Waals surface area (Å²) < 4.78 is -3.93. The summed E-state index contributed by atoms with van der Waals surface area (Å²) in [6.07, 6.45) is 0. The number of hydrogen-bond acceptors (Lipinski definition) is 5. The van der Waals surface area contributed by atoms with Gasteiger partial charge in [0.25, 0.3) is 11.4 Å². The number of nitro groups is 2. The molecule has 0 radical (unpaired) electrons. The van der Waals surface area contributed by atoms with Crippen LogP contribution in [0.2, 0.25) is 0 Å². The number of non-ortho nitro benzene ring substituents is 2. The summed E-state index contributed by atoms with van der Waals surface area (Å²) in [5, 5.41) is 22.0. The molecule has 0 aliphatic rings. The van der Waals surface area contributed by atoms with Crippen LogP contribution in [0.15, 0.2) is 46.2 Å². The molecule has 13 heteroatoms. The van der Waals surface area contributed by atoms with Crippen molar-refractivity contribution in [2.24, 2.45) is 0 Å². The molecule has 0 N–H and O–H groups in total. The topological polar surface area (TPSA) is 86.3 Å². The van der Waals surface area contributed by atoms with E-state index in [4.69, 9.17) is 69.6 Å². The third-order valence-electron chi connectivity index (χ3n) is 3.18. The minimum Gasteiger partial charge on any atom is -0.258 e. The summed E-state index contributed by atoms with van der Waals surface area (Å²) in [6, 6.07) is 7.45. The van der Waals surface area contributed by atoms with Gasteiger partial charge in [-0.15, -0.1) is 0 Å². The van der Waals surface area contributed by atoms with Crippen LogP contribution >= 0.6 is 81.4 Å². The molecule has 6 nitrogen and oxygen atoms in total. The fourth-order valence-electron chi connectivity index (χ4n) is 2.00. The molecular formula is C14H6Cl6N2O4S. The van der Waals surface area contributed by atoms with Crippen LogP contribution < -0.4 is 0 Å². The molecule has 144 valence electrons. The fraction of sp³-hybridized carbons (Fsp3) is 0.143. The van der Waals surface area contributed by atoms with Crippen molar-refractivity contribution < 1.29 is 9.85 Å². The Labute approximate surface area is 186 Å². The van der Waals surface area contributed by atoms with Crippen LogP contribution in [0.25, 0.3) is 0 Å². The van der Waals surface area contributed by atoms with E-state index in [-0.39, 0.29) is 22.5 Å². The van der Waals surface area contributed by atoms with E-state index >= 15 is 0 Å². The Hall–Kier alpha value is -0.670. The molecule has 0 saturated carbocycles. The molecule has 0 fully saturated rings. The van der Waals surface area contributed by atoms with Gasteiger partial charge in [0.1, 0.15) is 0 Å². The lowest BCUT2D eigenvalue weighted by molar-refractivity contribution is -0.385. The lowest BCUT2D eigenvalue weighted by Gasteiger charge is -2.19. The number of benzene rings is 2. The fourth-order valence-corrected chi connectivity index (χ4v) is 4.43. The highest BCUT2D eigenvalue weighted by Crippen LogP contribution is 2.49. The van der Waals surface area contributed by atoms with Gasteiger partial charge in [-0.05, 0) is 12.1 Å². The third-order valence-corrected chi connectivity index (χ3v) is 5.55. The van der Waals surface area contributed by atoms with Gasteiger partial charge in [0.2, 0.25) is 7.59 Å². The Kier molecular flexibility index (Phi) is 7.01. The van der Waals surface area contributed by atoms with Crippen molar-refractivity contribution in [1.29, 1.82) is 0 Å². The predicted octanol–water partition coefficient (Wildman–Crippen LogP) is 7.31. The quantitative estimate of drug-likeness (QED) is 0.244. The van der Waals surface area contributed by atoms with Crippen molar-refractivity contribution in [3.8, 4) is 0 Å². The van der Waals surface area contributed by atoms with Gasteiger partial charge in [0, 0.05) is 45.2 Å². The maximum absolute atomic E-state index is 11.0. The molecule has 0 heterocycles. The van der Waals surface area contributed by atoms with Crippen LogP contribution in [0, 0.1) is 20.2 Å². The Morgan fingerprint density at radius 3 is 1.30 bits per heavy atom. The van der Waals surface area contributed by atoms with Crippen molar-refractivity contribution in [3.63, 3.8) is 0 Å². The highest BCUT2D eigenvalue weighted by Gasteiger charge is 2.32. The highest BCUT2D eigenvalue weighted by molar-refractivity contribution is 7.99. The molecule has 0 amide bonds. The molecular weight excluding hydrogens is 505 g/mol. The summed E-state index contributed by atoms with van der Waals surface area (Å²) in [7, 11) is 0. The molecule has 2 rings (SSSR count). The van der Waals surface area contributed by atoms with Crippen LogP contribution in [0.1, 0.15) is 11.1 Å². The standard InChI is InChI=1S/C14H6Cl6N2O4S/c15-13(16,17)9-5-7(21(23)24)1-3-11(9)27-12-4-2-8(22(25)26)6-10(12)14(18,19)20/h1-6H. The van der Waals surface area contributed by atoms with E-state index in [0.717, 1.165) is 23.9 Å². The number of alkyl halides is 6. The molecule has 2 aromatic carbocycles. The molecule has 0 saturated heterocycles. The van der Waals surface area contributed by atoms with E-state index in [2.05, 4.69) is 0 Å². The SMILES string of the molecule is O=[N+]([O-])c1ccc(Sc2ccc([N+](=O)[O-])cc2C(Cl)(Cl)Cl)c(C(Cl)(Cl)Cl)c1. The maximum atomic E-state index is 11.0. The van der Waals surface area contributed by atoms with Crippen LogP contribution in [-0.4, -0.2) is 9.85 Å². The van der Waals surface area contributed by atoms with Crippen molar-refractivity contribution >= 4 is 92.7 Å². The summed E-state index contributed by atoms with van der Waals surface area (Å²) in [5.74, 6) is 0. The minimum atomic E-state index is -1.96. The zero-order valence-corrected chi connectivity index (χ0v) is 18.0. The van der Waals surface area contributed by atoms with Gasteiger partial charge < -0.3 is 0 Å². The summed E-state index contributed by atoms with van der Waals surface area (Å²) in [5.41, 5.74) is -0.461. The second-order valence-corrected chi connectivity index (χ2v) is 10.6. The molecule has 0 aliphatic carbocycles. The number of nitrogens with zero attached hydrogens (tertiary/aromatic N) is 2. The second-order valence-electron chi connectivity index (χ2n) is 4.97. The van der Waals surface area contributed by atoms with E-state index in [1.54, 1.807) is 0 Å². The predicted molar refractivity (Wildman–Crippen MR) is 109 cm³/mol. The van der Waals surface area contributed by atoms with E-state index in [1.165, 1.54) is 24.3 Å². The highest BCUT2D eigenvalue weighted by atomic mass is 35.6. The zero-order valence-electron chi connectivity index (χ0n) is 12.7. The van der Waals surface area contributed by atoms with Gasteiger partial charge in [-0.3, -0.25) is 20.2 Å². The smallest absolute Gasteiger partial charge is 0.258 e. The van der Waals surface area contributed by atoms with E-state index in [1.807, 2.05) is 0 Å². The van der Waals surface area contributed by atoms with Gasteiger partial charge in [-0.2, -0.15) is 0 Å². The second kappa shape index (κ2) is 8.37. The first kappa shape index (κ1) is 22.6. The number of hydrogen-bond donors (Lipinski definition) is 0. The van der Waals surface area contributed by atoms with Crippen molar-refractivity contribution in [2.75, 3.05) is 0 Å². The lowest BCUT2D eigenvalue weighted by atomic mass is 10.2. The zero-order chi connectivity index (χ0) is 20.6. The van der Waals surface area contributed by atoms with E-state index in [0.29, 0.717) is 9.79 Å².